The molecule has 0 radical (unpaired) electrons. The molecule has 1 aliphatic heterocycles. The van der Waals surface area contributed by atoms with Crippen LogP contribution in [0.25, 0.3) is 0 Å². The third-order valence-electron chi connectivity index (χ3n) is 4.37. The number of thioether (sulfide) groups is 1. The first-order valence-electron chi connectivity index (χ1n) is 9.21. The minimum Gasteiger partial charge on any atom is -0.490 e. The van der Waals surface area contributed by atoms with Crippen LogP contribution in [0.5, 0.6) is 11.5 Å². The summed E-state index contributed by atoms with van der Waals surface area (Å²) in [6, 6.07) is 8.64. The second-order valence-electron chi connectivity index (χ2n) is 6.91. The number of amides is 1. The Balaban J connectivity index is 1.68. The first kappa shape index (κ1) is 20.5. The zero-order valence-electron chi connectivity index (χ0n) is 15.8. The van der Waals surface area contributed by atoms with Crippen LogP contribution in [0.15, 0.2) is 41.3 Å². The van der Waals surface area contributed by atoms with Gasteiger partial charge in [-0.05, 0) is 41.8 Å². The molecule has 0 aromatic heterocycles. The maximum Gasteiger partial charge on any atom is 0.230 e. The molecule has 1 amide bonds. The number of fused-ring (bicyclic) bond motifs is 1. The van der Waals surface area contributed by atoms with Gasteiger partial charge in [-0.3, -0.25) is 4.79 Å². The van der Waals surface area contributed by atoms with Crippen LogP contribution in [0.4, 0.5) is 8.78 Å². The van der Waals surface area contributed by atoms with E-state index in [0.717, 1.165) is 41.9 Å². The molecule has 2 aromatic carbocycles. The van der Waals surface area contributed by atoms with E-state index in [-0.39, 0.29) is 28.5 Å². The van der Waals surface area contributed by atoms with Gasteiger partial charge >= 0.3 is 0 Å². The van der Waals surface area contributed by atoms with E-state index >= 15 is 0 Å². The van der Waals surface area contributed by atoms with E-state index in [1.807, 2.05) is 32.0 Å². The molecule has 1 aliphatic rings. The molecule has 3 rings (SSSR count). The van der Waals surface area contributed by atoms with Gasteiger partial charge in [0.25, 0.3) is 0 Å². The Hall–Kier alpha value is -2.28. The fourth-order valence-corrected chi connectivity index (χ4v) is 3.73. The molecule has 4 nitrogen and oxygen atoms in total. The summed E-state index contributed by atoms with van der Waals surface area (Å²) in [6.07, 6.45) is 0.822. The number of hydrogen-bond acceptors (Lipinski definition) is 4. The minimum atomic E-state index is -0.539. The predicted molar refractivity (Wildman–Crippen MR) is 105 cm³/mol. The highest BCUT2D eigenvalue weighted by molar-refractivity contribution is 8.00. The summed E-state index contributed by atoms with van der Waals surface area (Å²) in [5.41, 5.74) is 0.912. The molecule has 1 atom stereocenters. The normalized spacial score (nSPS) is 14.5. The monoisotopic (exact) mass is 407 g/mol. The predicted octanol–water partition coefficient (Wildman–Crippen LogP) is 4.73. The number of benzene rings is 2. The van der Waals surface area contributed by atoms with E-state index in [9.17, 15) is 13.6 Å². The van der Waals surface area contributed by atoms with E-state index in [1.165, 1.54) is 0 Å². The highest BCUT2D eigenvalue weighted by Crippen LogP contribution is 2.34. The second kappa shape index (κ2) is 9.28. The maximum absolute atomic E-state index is 13.7. The van der Waals surface area contributed by atoms with E-state index in [0.29, 0.717) is 24.7 Å². The number of carbonyl (C=O) groups excluding carboxylic acids is 1. The van der Waals surface area contributed by atoms with Gasteiger partial charge in [-0.2, -0.15) is 0 Å². The first-order chi connectivity index (χ1) is 13.4. The number of hydrogen-bond donors (Lipinski definition) is 1. The van der Waals surface area contributed by atoms with Crippen LogP contribution in [0.2, 0.25) is 0 Å². The van der Waals surface area contributed by atoms with E-state index < -0.39 is 11.6 Å². The van der Waals surface area contributed by atoms with E-state index in [4.69, 9.17) is 9.47 Å². The molecule has 0 saturated carbocycles. The summed E-state index contributed by atoms with van der Waals surface area (Å²) >= 11 is 0.972. The van der Waals surface area contributed by atoms with E-state index in [1.54, 1.807) is 0 Å². The Labute approximate surface area is 167 Å². The number of rotatable bonds is 6. The van der Waals surface area contributed by atoms with Crippen LogP contribution in [-0.4, -0.2) is 24.9 Å². The van der Waals surface area contributed by atoms with Gasteiger partial charge in [0.2, 0.25) is 5.91 Å². The van der Waals surface area contributed by atoms with Crippen LogP contribution >= 0.6 is 11.8 Å². The van der Waals surface area contributed by atoms with Crippen LogP contribution in [0.3, 0.4) is 0 Å². The van der Waals surface area contributed by atoms with Crippen LogP contribution in [0.1, 0.15) is 31.9 Å². The first-order valence-corrected chi connectivity index (χ1v) is 10.2. The third kappa shape index (κ3) is 5.16. The molecule has 0 unspecified atom stereocenters. The van der Waals surface area contributed by atoms with Crippen molar-refractivity contribution in [1.29, 1.82) is 0 Å². The topological polar surface area (TPSA) is 47.6 Å². The summed E-state index contributed by atoms with van der Waals surface area (Å²) in [4.78, 5) is 12.6. The third-order valence-corrected chi connectivity index (χ3v) is 5.40. The maximum atomic E-state index is 13.7. The molecule has 150 valence electrons. The zero-order chi connectivity index (χ0) is 20.1. The molecule has 0 fully saturated rings. The van der Waals surface area contributed by atoms with Crippen molar-refractivity contribution in [2.24, 2.45) is 5.92 Å². The van der Waals surface area contributed by atoms with Crippen LogP contribution < -0.4 is 14.8 Å². The Bertz CT molecular complexity index is 844. The van der Waals surface area contributed by atoms with Crippen molar-refractivity contribution >= 4 is 17.7 Å². The van der Waals surface area contributed by atoms with Gasteiger partial charge in [0, 0.05) is 11.3 Å². The fourth-order valence-electron chi connectivity index (χ4n) is 2.95. The number of nitrogens with one attached hydrogen (secondary N) is 1. The average Bonchev–Trinajstić information content (AvgIpc) is 2.91. The molecule has 0 aliphatic carbocycles. The Morgan fingerprint density at radius 1 is 1.11 bits per heavy atom. The molecule has 28 heavy (non-hydrogen) atoms. The number of ether oxygens (including phenoxy) is 2. The smallest absolute Gasteiger partial charge is 0.230 e. The van der Waals surface area contributed by atoms with Gasteiger partial charge in [-0.15, -0.1) is 11.8 Å². The van der Waals surface area contributed by atoms with Crippen molar-refractivity contribution in [3.05, 3.63) is 53.6 Å². The molecule has 1 N–H and O–H groups in total. The van der Waals surface area contributed by atoms with Gasteiger partial charge in [0.05, 0.1) is 25.0 Å². The zero-order valence-corrected chi connectivity index (χ0v) is 16.7. The number of carbonyl (C=O) groups is 1. The molecule has 0 spiro atoms. The summed E-state index contributed by atoms with van der Waals surface area (Å²) in [5, 5.41) is 2.99. The Morgan fingerprint density at radius 3 is 2.61 bits per heavy atom. The van der Waals surface area contributed by atoms with E-state index in [2.05, 4.69) is 5.32 Å². The summed E-state index contributed by atoms with van der Waals surface area (Å²) in [5.74, 6) is 0.176. The fraction of sp³-hybridized carbons (Fsp3) is 0.381. The van der Waals surface area contributed by atoms with Crippen molar-refractivity contribution in [2.45, 2.75) is 31.2 Å². The molecule has 0 bridgehead atoms. The second-order valence-corrected chi connectivity index (χ2v) is 7.93. The van der Waals surface area contributed by atoms with Crippen molar-refractivity contribution in [2.75, 3.05) is 19.0 Å². The van der Waals surface area contributed by atoms with Gasteiger partial charge in [0.1, 0.15) is 11.6 Å². The lowest BCUT2D eigenvalue weighted by molar-refractivity contribution is -0.119. The van der Waals surface area contributed by atoms with Crippen LogP contribution in [0, 0.1) is 17.6 Å². The quantitative estimate of drug-likeness (QED) is 0.703. The molecule has 2 aromatic rings. The number of halogens is 2. The Kier molecular flexibility index (Phi) is 6.78. The lowest BCUT2D eigenvalue weighted by atomic mass is 9.95. The standard InChI is InChI=1S/C21H23F2NO3S/c1-13(2)21(14-4-7-17-18(10-14)27-9-3-8-26-17)24-20(25)12-28-19-11-15(22)5-6-16(19)23/h4-7,10-11,13,21H,3,8-9,12H2,1-2H3,(H,24,25)/t21-/m1/s1. The van der Waals surface area contributed by atoms with Crippen molar-refractivity contribution in [3.8, 4) is 11.5 Å². The molecular formula is C21H23F2NO3S. The summed E-state index contributed by atoms with van der Waals surface area (Å²) in [7, 11) is 0. The van der Waals surface area contributed by atoms with Gasteiger partial charge < -0.3 is 14.8 Å². The van der Waals surface area contributed by atoms with Crippen molar-refractivity contribution in [3.63, 3.8) is 0 Å². The van der Waals surface area contributed by atoms with Crippen molar-refractivity contribution < 1.29 is 23.0 Å². The Morgan fingerprint density at radius 2 is 1.86 bits per heavy atom. The summed E-state index contributed by atoms with van der Waals surface area (Å²) < 4.78 is 38.4. The average molecular weight is 407 g/mol. The molecule has 1 heterocycles. The van der Waals surface area contributed by atoms with Gasteiger partial charge in [-0.1, -0.05) is 19.9 Å². The highest BCUT2D eigenvalue weighted by Gasteiger charge is 2.21. The molecule has 0 saturated heterocycles. The SMILES string of the molecule is CC(C)[C@@H](NC(=O)CSc1cc(F)ccc1F)c1ccc2c(c1)OCCCO2. The lowest BCUT2D eigenvalue weighted by Crippen LogP contribution is -2.33. The molecule has 7 heteroatoms. The molecular weight excluding hydrogens is 384 g/mol. The van der Waals surface area contributed by atoms with Crippen molar-refractivity contribution in [1.82, 2.24) is 5.32 Å². The van der Waals surface area contributed by atoms with Crippen LogP contribution in [-0.2, 0) is 4.79 Å². The lowest BCUT2D eigenvalue weighted by Gasteiger charge is -2.24. The van der Waals surface area contributed by atoms with Gasteiger partial charge in [0.15, 0.2) is 11.5 Å². The van der Waals surface area contributed by atoms with Gasteiger partial charge in [-0.25, -0.2) is 8.78 Å². The highest BCUT2D eigenvalue weighted by atomic mass is 32.2. The minimum absolute atomic E-state index is 0.00581. The summed E-state index contributed by atoms with van der Waals surface area (Å²) in [6.45, 7) is 5.22. The largest absolute Gasteiger partial charge is 0.490 e.